The summed E-state index contributed by atoms with van der Waals surface area (Å²) in [4.78, 5) is 22.4. The quantitative estimate of drug-likeness (QED) is 0.589. The first-order valence-corrected chi connectivity index (χ1v) is 6.84. The van der Waals surface area contributed by atoms with E-state index in [4.69, 9.17) is 0 Å². The maximum atomic E-state index is 11.0. The minimum atomic E-state index is -0.119. The molecule has 0 fully saturated rings. The van der Waals surface area contributed by atoms with Crippen LogP contribution in [0, 0.1) is 0 Å². The van der Waals surface area contributed by atoms with E-state index in [0.29, 0.717) is 14.9 Å². The van der Waals surface area contributed by atoms with Gasteiger partial charge in [0.05, 0.1) is 9.39 Å². The van der Waals surface area contributed by atoms with Crippen LogP contribution < -0.4 is 0 Å². The number of hydrogen-bond donors (Lipinski definition) is 0. The van der Waals surface area contributed by atoms with Crippen molar-refractivity contribution in [1.29, 1.82) is 0 Å². The lowest BCUT2D eigenvalue weighted by Crippen LogP contribution is -2.00. The number of halogens is 1. The molecular formula is C9H16BrO2PS. The van der Waals surface area contributed by atoms with Crippen LogP contribution >= 0.6 is 36.9 Å². The van der Waals surface area contributed by atoms with Gasteiger partial charge in [-0.1, -0.05) is 13.8 Å². The maximum absolute atomic E-state index is 11.0. The van der Waals surface area contributed by atoms with Crippen molar-refractivity contribution in [2.75, 3.05) is 5.49 Å². The zero-order valence-corrected chi connectivity index (χ0v) is 12.4. The topological polar surface area (TPSA) is 34.1 Å². The number of carbonyl (C=O) groups is 2. The monoisotopic (exact) mass is 298 g/mol. The minimum Gasteiger partial charge on any atom is -0.294 e. The van der Waals surface area contributed by atoms with Crippen LogP contribution in [0.15, 0.2) is 9.39 Å². The molecule has 0 aliphatic heterocycles. The first-order valence-electron chi connectivity index (χ1n) is 4.25. The van der Waals surface area contributed by atoms with Crippen LogP contribution in [0.2, 0.25) is 0 Å². The lowest BCUT2D eigenvalue weighted by molar-refractivity contribution is -0.115. The summed E-state index contributed by atoms with van der Waals surface area (Å²) in [5, 5.41) is 0. The Bertz CT molecular complexity index is 239. The van der Waals surface area contributed by atoms with Crippen molar-refractivity contribution in [3.63, 3.8) is 0 Å². The van der Waals surface area contributed by atoms with Crippen LogP contribution in [0.1, 0.15) is 27.7 Å². The van der Waals surface area contributed by atoms with Gasteiger partial charge in [0, 0.05) is 5.49 Å². The number of ketones is 2. The summed E-state index contributed by atoms with van der Waals surface area (Å²) in [5.74, 6) is -0.198. The standard InChI is InChI=1S/C7H10BrO2PS.C2H6/c1-4(9)6(8)7(5(2)10)12-3-11;1-2/h3,11H2,1-2H3;1-2H3/b7-6-;. The molecule has 0 radical (unpaired) electrons. The van der Waals surface area contributed by atoms with Gasteiger partial charge in [-0.2, -0.15) is 0 Å². The van der Waals surface area contributed by atoms with Crippen molar-refractivity contribution in [1.82, 2.24) is 0 Å². The fourth-order valence-corrected chi connectivity index (χ4v) is 2.33. The van der Waals surface area contributed by atoms with Crippen molar-refractivity contribution < 1.29 is 9.59 Å². The summed E-state index contributed by atoms with van der Waals surface area (Å²) in [5.41, 5.74) is 0.706. The second kappa shape index (κ2) is 9.88. The van der Waals surface area contributed by atoms with Gasteiger partial charge in [-0.25, -0.2) is 0 Å². The lowest BCUT2D eigenvalue weighted by Gasteiger charge is -2.02. The van der Waals surface area contributed by atoms with Gasteiger partial charge in [0.25, 0.3) is 0 Å². The molecule has 0 saturated carbocycles. The van der Waals surface area contributed by atoms with Crippen molar-refractivity contribution in [3.05, 3.63) is 9.39 Å². The largest absolute Gasteiger partial charge is 0.294 e. The average molecular weight is 299 g/mol. The van der Waals surface area contributed by atoms with Crippen LogP contribution in [0.5, 0.6) is 0 Å². The second-order valence-corrected chi connectivity index (χ2v) is 4.89. The van der Waals surface area contributed by atoms with Gasteiger partial charge in [-0.3, -0.25) is 9.59 Å². The summed E-state index contributed by atoms with van der Waals surface area (Å²) in [6.45, 7) is 6.88. The number of thioether (sulfide) groups is 1. The Hall–Kier alpha value is 0.340. The lowest BCUT2D eigenvalue weighted by atomic mass is 10.3. The Labute approximate surface area is 101 Å². The third-order valence-electron chi connectivity index (χ3n) is 1.06. The van der Waals surface area contributed by atoms with Crippen LogP contribution in [-0.2, 0) is 9.59 Å². The van der Waals surface area contributed by atoms with Crippen molar-refractivity contribution >= 4 is 48.5 Å². The van der Waals surface area contributed by atoms with E-state index < -0.39 is 0 Å². The van der Waals surface area contributed by atoms with Crippen LogP contribution in [0.4, 0.5) is 0 Å². The van der Waals surface area contributed by atoms with E-state index in [1.807, 2.05) is 13.8 Å². The maximum Gasteiger partial charge on any atom is 0.168 e. The van der Waals surface area contributed by atoms with Crippen molar-refractivity contribution in [2.24, 2.45) is 0 Å². The summed E-state index contributed by atoms with van der Waals surface area (Å²) in [6, 6.07) is 0. The highest BCUT2D eigenvalue weighted by Crippen LogP contribution is 2.26. The minimum absolute atomic E-state index is 0.0791. The Morgan fingerprint density at radius 3 is 1.86 bits per heavy atom. The van der Waals surface area contributed by atoms with Gasteiger partial charge in [-0.15, -0.1) is 21.0 Å². The molecule has 0 saturated heterocycles. The third-order valence-corrected chi connectivity index (χ3v) is 3.72. The molecule has 2 nitrogen and oxygen atoms in total. The fraction of sp³-hybridized carbons (Fsp3) is 0.556. The van der Waals surface area contributed by atoms with E-state index in [9.17, 15) is 9.59 Å². The van der Waals surface area contributed by atoms with Gasteiger partial charge in [0.1, 0.15) is 0 Å². The van der Waals surface area contributed by atoms with E-state index in [2.05, 4.69) is 25.2 Å². The molecule has 0 aliphatic rings. The summed E-state index contributed by atoms with van der Waals surface area (Å²) >= 11 is 4.44. The van der Waals surface area contributed by atoms with Crippen LogP contribution in [0.3, 0.4) is 0 Å². The average Bonchev–Trinajstić information content (AvgIpc) is 2.15. The molecule has 82 valence electrons. The molecule has 0 rings (SSSR count). The first-order chi connectivity index (χ1) is 6.50. The zero-order chi connectivity index (χ0) is 11.7. The predicted octanol–water partition coefficient (Wildman–Crippen LogP) is 3.36. The molecule has 0 aromatic rings. The van der Waals surface area contributed by atoms with Crippen LogP contribution in [0.25, 0.3) is 0 Å². The van der Waals surface area contributed by atoms with E-state index >= 15 is 0 Å². The molecule has 1 atom stereocenters. The molecule has 0 aromatic carbocycles. The highest BCUT2D eigenvalue weighted by atomic mass is 79.9. The Morgan fingerprint density at radius 1 is 1.21 bits per heavy atom. The molecule has 1 unspecified atom stereocenters. The van der Waals surface area contributed by atoms with E-state index in [1.54, 1.807) is 0 Å². The van der Waals surface area contributed by atoms with E-state index in [-0.39, 0.29) is 11.6 Å². The molecular weight excluding hydrogens is 283 g/mol. The van der Waals surface area contributed by atoms with Gasteiger partial charge in [0.15, 0.2) is 11.6 Å². The molecule has 0 spiro atoms. The molecule has 5 heteroatoms. The summed E-state index contributed by atoms with van der Waals surface area (Å²) in [6.07, 6.45) is 0. The number of rotatable bonds is 4. The Kier molecular flexibility index (Phi) is 11.8. The fourth-order valence-electron chi connectivity index (χ4n) is 0.563. The molecule has 0 heterocycles. The molecule has 0 aromatic heterocycles. The van der Waals surface area contributed by atoms with Crippen molar-refractivity contribution in [2.45, 2.75) is 27.7 Å². The molecule has 0 amide bonds. The van der Waals surface area contributed by atoms with E-state index in [0.717, 1.165) is 0 Å². The van der Waals surface area contributed by atoms with Gasteiger partial charge in [-0.05, 0) is 29.8 Å². The molecule has 0 bridgehead atoms. The summed E-state index contributed by atoms with van der Waals surface area (Å²) in [7, 11) is 2.49. The van der Waals surface area contributed by atoms with Crippen molar-refractivity contribution in [3.8, 4) is 0 Å². The zero-order valence-electron chi connectivity index (χ0n) is 8.89. The third kappa shape index (κ3) is 6.74. The normalized spacial score (nSPS) is 11.0. The molecule has 14 heavy (non-hydrogen) atoms. The predicted molar refractivity (Wildman–Crippen MR) is 70.8 cm³/mol. The first kappa shape index (κ1) is 16.8. The smallest absolute Gasteiger partial charge is 0.168 e. The number of Topliss-reactive ketones (excluding diaryl/α,β-unsaturated/α-hetero) is 2. The summed E-state index contributed by atoms with van der Waals surface area (Å²) < 4.78 is 0.377. The van der Waals surface area contributed by atoms with E-state index in [1.165, 1.54) is 25.6 Å². The molecule has 0 aliphatic carbocycles. The SMILES string of the molecule is CC.CC(=O)/C(Br)=C(/SCP)C(C)=O. The molecule has 0 N–H and O–H groups in total. The highest BCUT2D eigenvalue weighted by Gasteiger charge is 2.12. The van der Waals surface area contributed by atoms with Gasteiger partial charge < -0.3 is 0 Å². The van der Waals surface area contributed by atoms with Crippen LogP contribution in [-0.4, -0.2) is 17.1 Å². The highest BCUT2D eigenvalue weighted by molar-refractivity contribution is 9.12. The second-order valence-electron chi connectivity index (χ2n) is 2.07. The number of hydrogen-bond acceptors (Lipinski definition) is 3. The Balaban J connectivity index is 0. The van der Waals surface area contributed by atoms with Gasteiger partial charge in [0.2, 0.25) is 0 Å². The van der Waals surface area contributed by atoms with Gasteiger partial charge >= 0.3 is 0 Å². The number of allylic oxidation sites excluding steroid dienone is 2. The Morgan fingerprint density at radius 2 is 1.64 bits per heavy atom. The number of carbonyl (C=O) groups excluding carboxylic acids is 2.